The summed E-state index contributed by atoms with van der Waals surface area (Å²) < 4.78 is 0.667. The molecule has 1 rings (SSSR count). The predicted octanol–water partition coefficient (Wildman–Crippen LogP) is 3.92. The highest BCUT2D eigenvalue weighted by Gasteiger charge is 1.98. The Morgan fingerprint density at radius 2 is 2.25 bits per heavy atom. The molecule has 3 heteroatoms. The first-order valence-corrected chi connectivity index (χ1v) is 5.68. The molecule has 1 aromatic rings. The van der Waals surface area contributed by atoms with Crippen LogP contribution >= 0.6 is 22.9 Å². The Morgan fingerprint density at radius 1 is 1.42 bits per heavy atom. The smallest absolute Gasteiger partial charge is 0.183 e. The van der Waals surface area contributed by atoms with Crippen LogP contribution in [0.3, 0.4) is 0 Å². The van der Waals surface area contributed by atoms with Crippen molar-refractivity contribution in [3.63, 3.8) is 0 Å². The molecule has 1 aromatic heterocycles. The van der Waals surface area contributed by atoms with E-state index < -0.39 is 0 Å². The lowest BCUT2D eigenvalue weighted by Gasteiger charge is -1.95. The molecule has 0 aliphatic rings. The number of hydrogen-bond donors (Lipinski definition) is 0. The molecule has 0 amide bonds. The van der Waals surface area contributed by atoms with Crippen LogP contribution in [0.5, 0.6) is 0 Å². The number of hydrogen-bond acceptors (Lipinski definition) is 2. The van der Waals surface area contributed by atoms with Gasteiger partial charge < -0.3 is 0 Å². The van der Waals surface area contributed by atoms with Crippen molar-refractivity contribution in [1.29, 1.82) is 0 Å². The fourth-order valence-electron chi connectivity index (χ4n) is 1.13. The van der Waals surface area contributed by atoms with Gasteiger partial charge in [-0.05, 0) is 12.8 Å². The molecule has 0 fully saturated rings. The van der Waals surface area contributed by atoms with Gasteiger partial charge in [-0.2, -0.15) is 0 Å². The molecular weight excluding hydrogens is 190 g/mol. The average Bonchev–Trinajstić information content (AvgIpc) is 2.45. The van der Waals surface area contributed by atoms with Gasteiger partial charge in [0.25, 0.3) is 0 Å². The monoisotopic (exact) mass is 203 g/mol. The minimum Gasteiger partial charge on any atom is -0.230 e. The molecule has 0 saturated carbocycles. The van der Waals surface area contributed by atoms with Gasteiger partial charge in [0.1, 0.15) is 0 Å². The Balaban J connectivity index is 2.15. The van der Waals surface area contributed by atoms with E-state index in [9.17, 15) is 0 Å². The zero-order valence-electron chi connectivity index (χ0n) is 7.35. The van der Waals surface area contributed by atoms with Crippen LogP contribution in [0, 0.1) is 0 Å². The summed E-state index contributed by atoms with van der Waals surface area (Å²) in [7, 11) is 0. The van der Waals surface area contributed by atoms with Gasteiger partial charge in [0.15, 0.2) is 4.47 Å². The quantitative estimate of drug-likeness (QED) is 0.662. The van der Waals surface area contributed by atoms with Crippen LogP contribution in [0.4, 0.5) is 0 Å². The summed E-state index contributed by atoms with van der Waals surface area (Å²) in [4.78, 5) is 4.19. The van der Waals surface area contributed by atoms with Gasteiger partial charge in [0.2, 0.25) is 0 Å². The van der Waals surface area contributed by atoms with Gasteiger partial charge in [-0.3, -0.25) is 0 Å². The lowest BCUT2D eigenvalue weighted by Crippen LogP contribution is -1.85. The van der Waals surface area contributed by atoms with E-state index in [1.165, 1.54) is 37.0 Å². The van der Waals surface area contributed by atoms with E-state index in [0.717, 1.165) is 12.1 Å². The van der Waals surface area contributed by atoms with Crippen molar-refractivity contribution in [2.75, 3.05) is 0 Å². The van der Waals surface area contributed by atoms with E-state index in [1.54, 1.807) is 0 Å². The van der Waals surface area contributed by atoms with Crippen molar-refractivity contribution in [2.24, 2.45) is 0 Å². The van der Waals surface area contributed by atoms with Crippen LogP contribution in [0.1, 0.15) is 38.3 Å². The maximum atomic E-state index is 5.71. The van der Waals surface area contributed by atoms with Crippen LogP contribution in [-0.4, -0.2) is 4.98 Å². The van der Waals surface area contributed by atoms with E-state index in [1.807, 2.05) is 5.38 Å². The third-order valence-electron chi connectivity index (χ3n) is 1.81. The molecule has 0 aliphatic heterocycles. The molecular formula is C9H14ClNS. The van der Waals surface area contributed by atoms with E-state index in [-0.39, 0.29) is 0 Å². The van der Waals surface area contributed by atoms with Crippen molar-refractivity contribution in [1.82, 2.24) is 4.98 Å². The summed E-state index contributed by atoms with van der Waals surface area (Å²) in [6.45, 7) is 2.22. The van der Waals surface area contributed by atoms with Crippen LogP contribution in [0.2, 0.25) is 4.47 Å². The molecule has 0 N–H and O–H groups in total. The van der Waals surface area contributed by atoms with Crippen molar-refractivity contribution < 1.29 is 0 Å². The van der Waals surface area contributed by atoms with Gasteiger partial charge >= 0.3 is 0 Å². The first-order chi connectivity index (χ1) is 5.83. The number of thiazole rings is 1. The van der Waals surface area contributed by atoms with Crippen LogP contribution in [-0.2, 0) is 6.42 Å². The lowest BCUT2D eigenvalue weighted by molar-refractivity contribution is 0.662. The Bertz CT molecular complexity index is 222. The highest BCUT2D eigenvalue weighted by molar-refractivity contribution is 7.13. The summed E-state index contributed by atoms with van der Waals surface area (Å²) in [6, 6.07) is 0. The Hall–Kier alpha value is -0.0800. The fourth-order valence-corrected chi connectivity index (χ4v) is 1.95. The number of rotatable bonds is 5. The number of aryl methyl sites for hydroxylation is 1. The van der Waals surface area contributed by atoms with Crippen LogP contribution < -0.4 is 0 Å². The zero-order chi connectivity index (χ0) is 8.81. The normalized spacial score (nSPS) is 10.5. The lowest BCUT2D eigenvalue weighted by atomic mass is 10.1. The van der Waals surface area contributed by atoms with Crippen LogP contribution in [0.25, 0.3) is 0 Å². The Kier molecular flexibility index (Phi) is 4.62. The Labute approximate surface area is 82.8 Å². The molecule has 0 spiro atoms. The molecule has 0 saturated heterocycles. The highest BCUT2D eigenvalue weighted by Crippen LogP contribution is 2.16. The van der Waals surface area contributed by atoms with Gasteiger partial charge in [-0.1, -0.05) is 37.8 Å². The minimum atomic E-state index is 0.667. The SMILES string of the molecule is CCCCCCc1csc(Cl)n1. The predicted molar refractivity (Wildman–Crippen MR) is 55.0 cm³/mol. The molecule has 68 valence electrons. The second-order valence-electron chi connectivity index (χ2n) is 2.90. The van der Waals surface area contributed by atoms with Crippen molar-refractivity contribution in [3.8, 4) is 0 Å². The number of aromatic nitrogens is 1. The topological polar surface area (TPSA) is 12.9 Å². The maximum absolute atomic E-state index is 5.71. The largest absolute Gasteiger partial charge is 0.230 e. The van der Waals surface area contributed by atoms with Crippen LogP contribution in [0.15, 0.2) is 5.38 Å². The fraction of sp³-hybridized carbons (Fsp3) is 0.667. The molecule has 0 bridgehead atoms. The van der Waals surface area contributed by atoms with E-state index in [2.05, 4.69) is 11.9 Å². The molecule has 0 unspecified atom stereocenters. The second-order valence-corrected chi connectivity index (χ2v) is 4.34. The van der Waals surface area contributed by atoms with Gasteiger partial charge in [-0.25, -0.2) is 4.98 Å². The molecule has 1 nitrogen and oxygen atoms in total. The summed E-state index contributed by atoms with van der Waals surface area (Å²) in [6.07, 6.45) is 6.26. The Morgan fingerprint density at radius 3 is 2.83 bits per heavy atom. The van der Waals surface area contributed by atoms with Crippen molar-refractivity contribution in [2.45, 2.75) is 39.0 Å². The molecule has 12 heavy (non-hydrogen) atoms. The van der Waals surface area contributed by atoms with Gasteiger partial charge in [0, 0.05) is 5.38 Å². The standard InChI is InChI=1S/C9H14ClNS/c1-2-3-4-5-6-8-7-12-9(10)11-8/h7H,2-6H2,1H3. The summed E-state index contributed by atoms with van der Waals surface area (Å²) >= 11 is 7.23. The third kappa shape index (κ3) is 3.55. The van der Waals surface area contributed by atoms with E-state index in [0.29, 0.717) is 4.47 Å². The highest BCUT2D eigenvalue weighted by atomic mass is 35.5. The maximum Gasteiger partial charge on any atom is 0.183 e. The first kappa shape index (κ1) is 10.0. The zero-order valence-corrected chi connectivity index (χ0v) is 8.92. The van der Waals surface area contributed by atoms with E-state index in [4.69, 9.17) is 11.6 Å². The van der Waals surface area contributed by atoms with Crippen molar-refractivity contribution in [3.05, 3.63) is 15.5 Å². The molecule has 0 aromatic carbocycles. The number of unbranched alkanes of at least 4 members (excludes halogenated alkanes) is 3. The average molecular weight is 204 g/mol. The number of halogens is 1. The molecule has 0 aliphatic carbocycles. The van der Waals surface area contributed by atoms with Crippen molar-refractivity contribution >= 4 is 22.9 Å². The summed E-state index contributed by atoms with van der Waals surface area (Å²) in [5.74, 6) is 0. The summed E-state index contributed by atoms with van der Waals surface area (Å²) in [5, 5.41) is 2.05. The number of nitrogens with zero attached hydrogens (tertiary/aromatic N) is 1. The first-order valence-electron chi connectivity index (χ1n) is 4.43. The molecule has 1 heterocycles. The molecule has 0 atom stereocenters. The summed E-state index contributed by atoms with van der Waals surface area (Å²) in [5.41, 5.74) is 1.15. The second kappa shape index (κ2) is 5.55. The van der Waals surface area contributed by atoms with E-state index >= 15 is 0 Å². The molecule has 0 radical (unpaired) electrons. The van der Waals surface area contributed by atoms with Gasteiger partial charge in [0.05, 0.1) is 5.69 Å². The third-order valence-corrected chi connectivity index (χ3v) is 2.84. The van der Waals surface area contributed by atoms with Gasteiger partial charge in [-0.15, -0.1) is 11.3 Å². The minimum absolute atomic E-state index is 0.667.